The summed E-state index contributed by atoms with van der Waals surface area (Å²) in [5.41, 5.74) is 0.751. The Morgan fingerprint density at radius 1 is 1.33 bits per heavy atom. The monoisotopic (exact) mass is 245 g/mol. The number of nitrogens with zero attached hydrogens (tertiary/aromatic N) is 3. The van der Waals surface area contributed by atoms with Gasteiger partial charge < -0.3 is 0 Å². The second-order valence-electron chi connectivity index (χ2n) is 4.52. The molecule has 1 heterocycles. The van der Waals surface area contributed by atoms with Gasteiger partial charge in [0.05, 0.1) is 4.92 Å². The number of nitriles is 1. The lowest BCUT2D eigenvalue weighted by Gasteiger charge is -2.26. The van der Waals surface area contributed by atoms with E-state index in [1.807, 2.05) is 6.07 Å². The van der Waals surface area contributed by atoms with Crippen molar-refractivity contribution in [1.82, 2.24) is 4.90 Å². The van der Waals surface area contributed by atoms with Gasteiger partial charge in [-0.25, -0.2) is 0 Å². The lowest BCUT2D eigenvalue weighted by Crippen LogP contribution is -2.29. The standard InChI is InChI=1S/C13H15N3O2/c14-9-11-5-4-6-12(13(11)16(17)18)10-15-7-2-1-3-8-15/h4-6H,1-3,7-8,10H2. The molecule has 1 aromatic rings. The summed E-state index contributed by atoms with van der Waals surface area (Å²) >= 11 is 0. The largest absolute Gasteiger partial charge is 0.299 e. The summed E-state index contributed by atoms with van der Waals surface area (Å²) in [6, 6.07) is 6.85. The Labute approximate surface area is 106 Å². The molecule has 0 aliphatic carbocycles. The summed E-state index contributed by atoms with van der Waals surface area (Å²) in [7, 11) is 0. The van der Waals surface area contributed by atoms with E-state index in [9.17, 15) is 10.1 Å². The molecule has 1 aliphatic rings. The SMILES string of the molecule is N#Cc1cccc(CN2CCCCC2)c1[N+](=O)[O-]. The van der Waals surface area contributed by atoms with E-state index in [4.69, 9.17) is 5.26 Å². The molecule has 0 radical (unpaired) electrons. The summed E-state index contributed by atoms with van der Waals surface area (Å²) in [5.74, 6) is 0. The zero-order valence-corrected chi connectivity index (χ0v) is 10.1. The average molecular weight is 245 g/mol. The van der Waals surface area contributed by atoms with Crippen molar-refractivity contribution in [3.05, 3.63) is 39.4 Å². The molecule has 0 aromatic heterocycles. The highest BCUT2D eigenvalue weighted by molar-refractivity contribution is 5.53. The van der Waals surface area contributed by atoms with Gasteiger partial charge in [-0.3, -0.25) is 15.0 Å². The maximum atomic E-state index is 11.1. The van der Waals surface area contributed by atoms with E-state index < -0.39 is 4.92 Å². The number of hydrogen-bond donors (Lipinski definition) is 0. The van der Waals surface area contributed by atoms with Gasteiger partial charge in [0, 0.05) is 12.1 Å². The lowest BCUT2D eigenvalue weighted by molar-refractivity contribution is -0.386. The first-order valence-corrected chi connectivity index (χ1v) is 6.11. The van der Waals surface area contributed by atoms with E-state index in [2.05, 4.69) is 4.90 Å². The average Bonchev–Trinajstić information content (AvgIpc) is 2.39. The Hall–Kier alpha value is -1.93. The molecule has 2 rings (SSSR count). The van der Waals surface area contributed by atoms with Gasteiger partial charge in [-0.15, -0.1) is 0 Å². The summed E-state index contributed by atoms with van der Waals surface area (Å²) in [6.07, 6.45) is 3.52. The van der Waals surface area contributed by atoms with Crippen molar-refractivity contribution in [2.45, 2.75) is 25.8 Å². The molecule has 0 saturated carbocycles. The van der Waals surface area contributed by atoms with Crippen molar-refractivity contribution in [2.24, 2.45) is 0 Å². The van der Waals surface area contributed by atoms with E-state index >= 15 is 0 Å². The molecule has 0 N–H and O–H groups in total. The molecule has 0 spiro atoms. The van der Waals surface area contributed by atoms with Crippen molar-refractivity contribution in [2.75, 3.05) is 13.1 Å². The first kappa shape index (κ1) is 12.5. The third-order valence-corrected chi connectivity index (χ3v) is 3.27. The predicted octanol–water partition coefficient (Wildman–Crippen LogP) is 2.45. The van der Waals surface area contributed by atoms with Crippen LogP contribution >= 0.6 is 0 Å². The highest BCUT2D eigenvalue weighted by Crippen LogP contribution is 2.25. The van der Waals surface area contributed by atoms with Crippen molar-refractivity contribution in [1.29, 1.82) is 5.26 Å². The number of hydrogen-bond acceptors (Lipinski definition) is 4. The van der Waals surface area contributed by atoms with Gasteiger partial charge in [0.2, 0.25) is 0 Å². The van der Waals surface area contributed by atoms with E-state index in [-0.39, 0.29) is 11.3 Å². The molecule has 5 nitrogen and oxygen atoms in total. The third-order valence-electron chi connectivity index (χ3n) is 3.27. The van der Waals surface area contributed by atoms with Gasteiger partial charge in [0.25, 0.3) is 5.69 Å². The maximum Gasteiger partial charge on any atom is 0.291 e. The van der Waals surface area contributed by atoms with Crippen LogP contribution in [0.15, 0.2) is 18.2 Å². The number of nitro benzene ring substituents is 1. The highest BCUT2D eigenvalue weighted by atomic mass is 16.6. The molecule has 0 atom stereocenters. The second kappa shape index (κ2) is 5.61. The van der Waals surface area contributed by atoms with Crippen LogP contribution in [0.4, 0.5) is 5.69 Å². The second-order valence-corrected chi connectivity index (χ2v) is 4.52. The van der Waals surface area contributed by atoms with E-state index in [1.165, 1.54) is 12.5 Å². The minimum Gasteiger partial charge on any atom is -0.299 e. The molecule has 1 aliphatic heterocycles. The minimum atomic E-state index is -0.447. The number of benzene rings is 1. The lowest BCUT2D eigenvalue weighted by atomic mass is 10.1. The van der Waals surface area contributed by atoms with Gasteiger partial charge in [-0.1, -0.05) is 18.6 Å². The van der Waals surface area contributed by atoms with Crippen molar-refractivity contribution in [3.63, 3.8) is 0 Å². The van der Waals surface area contributed by atoms with Crippen molar-refractivity contribution < 1.29 is 4.92 Å². The van der Waals surface area contributed by atoms with Gasteiger partial charge >= 0.3 is 0 Å². The Kier molecular flexibility index (Phi) is 3.90. The topological polar surface area (TPSA) is 70.2 Å². The summed E-state index contributed by atoms with van der Waals surface area (Å²) in [6.45, 7) is 2.52. The van der Waals surface area contributed by atoms with Crippen LogP contribution in [0, 0.1) is 21.4 Å². The number of likely N-dealkylation sites (tertiary alicyclic amines) is 1. The van der Waals surface area contributed by atoms with Crippen LogP contribution in [0.3, 0.4) is 0 Å². The van der Waals surface area contributed by atoms with Crippen LogP contribution in [0.1, 0.15) is 30.4 Å². The van der Waals surface area contributed by atoms with Gasteiger partial charge in [-0.2, -0.15) is 5.26 Å². The van der Waals surface area contributed by atoms with Crippen LogP contribution < -0.4 is 0 Å². The Morgan fingerprint density at radius 3 is 2.67 bits per heavy atom. The van der Waals surface area contributed by atoms with Crippen LogP contribution in [0.25, 0.3) is 0 Å². The van der Waals surface area contributed by atoms with Crippen molar-refractivity contribution >= 4 is 5.69 Å². The quantitative estimate of drug-likeness (QED) is 0.605. The number of piperidine rings is 1. The summed E-state index contributed by atoms with van der Waals surface area (Å²) in [5, 5.41) is 20.0. The molecule has 1 aromatic carbocycles. The normalized spacial score (nSPS) is 16.2. The fourth-order valence-corrected chi connectivity index (χ4v) is 2.38. The molecular weight excluding hydrogens is 230 g/mol. The fraction of sp³-hybridized carbons (Fsp3) is 0.462. The number of para-hydroxylation sites is 1. The molecule has 18 heavy (non-hydrogen) atoms. The molecule has 5 heteroatoms. The molecule has 0 unspecified atom stereocenters. The smallest absolute Gasteiger partial charge is 0.291 e. The van der Waals surface area contributed by atoms with Crippen LogP contribution in [-0.4, -0.2) is 22.9 Å². The Morgan fingerprint density at radius 2 is 2.06 bits per heavy atom. The molecule has 1 saturated heterocycles. The van der Waals surface area contributed by atoms with Gasteiger partial charge in [0.1, 0.15) is 11.6 Å². The van der Waals surface area contributed by atoms with E-state index in [0.717, 1.165) is 25.9 Å². The van der Waals surface area contributed by atoms with Crippen molar-refractivity contribution in [3.8, 4) is 6.07 Å². The predicted molar refractivity (Wildman–Crippen MR) is 66.9 cm³/mol. The maximum absolute atomic E-state index is 11.1. The first-order valence-electron chi connectivity index (χ1n) is 6.11. The molecule has 94 valence electrons. The van der Waals surface area contributed by atoms with Gasteiger partial charge in [-0.05, 0) is 32.0 Å². The zero-order chi connectivity index (χ0) is 13.0. The van der Waals surface area contributed by atoms with Crippen LogP contribution in [0.5, 0.6) is 0 Å². The van der Waals surface area contributed by atoms with Gasteiger partial charge in [0.15, 0.2) is 0 Å². The van der Waals surface area contributed by atoms with E-state index in [1.54, 1.807) is 12.1 Å². The number of rotatable bonds is 3. The Balaban J connectivity index is 2.26. The number of nitro groups is 1. The molecule has 1 fully saturated rings. The Bertz CT molecular complexity index is 487. The van der Waals surface area contributed by atoms with Crippen LogP contribution in [0.2, 0.25) is 0 Å². The first-order chi connectivity index (χ1) is 8.72. The zero-order valence-electron chi connectivity index (χ0n) is 10.1. The molecule has 0 bridgehead atoms. The summed E-state index contributed by atoms with van der Waals surface area (Å²) < 4.78 is 0. The highest BCUT2D eigenvalue weighted by Gasteiger charge is 2.21. The molecule has 0 amide bonds. The van der Waals surface area contributed by atoms with Crippen LogP contribution in [-0.2, 0) is 6.54 Å². The van der Waals surface area contributed by atoms with E-state index in [0.29, 0.717) is 12.1 Å². The summed E-state index contributed by atoms with van der Waals surface area (Å²) in [4.78, 5) is 12.8. The minimum absolute atomic E-state index is 0.0365. The fourth-order valence-electron chi connectivity index (χ4n) is 2.38. The molecular formula is C13H15N3O2. The third kappa shape index (κ3) is 2.66.